The zero-order chi connectivity index (χ0) is 15.6. The summed E-state index contributed by atoms with van der Waals surface area (Å²) in [4.78, 5) is 12.9. The summed E-state index contributed by atoms with van der Waals surface area (Å²) >= 11 is 0. The fraction of sp³-hybridized carbons (Fsp3) is 0.235. The number of aromatic hydroxyl groups is 1. The number of phenols is 1. The summed E-state index contributed by atoms with van der Waals surface area (Å²) in [7, 11) is -1.35. The fourth-order valence-electron chi connectivity index (χ4n) is 2.09. The van der Waals surface area contributed by atoms with Gasteiger partial charge < -0.3 is 5.11 Å². The summed E-state index contributed by atoms with van der Waals surface area (Å²) in [5.74, 6) is -0.0292. The van der Waals surface area contributed by atoms with Gasteiger partial charge in [-0.05, 0) is 56.2 Å². The molecular weight excluding hydrogens is 284 g/mol. The van der Waals surface area contributed by atoms with E-state index in [9.17, 15) is 14.1 Å². The van der Waals surface area contributed by atoms with Gasteiger partial charge in [0, 0.05) is 10.5 Å². The first-order valence-corrected chi connectivity index (χ1v) is 7.99. The fourth-order valence-corrected chi connectivity index (χ4v) is 3.10. The first-order chi connectivity index (χ1) is 9.88. The number of phenolic OH excluding ortho intramolecular Hbond substituents is 1. The lowest BCUT2D eigenvalue weighted by molar-refractivity contribution is 0.102. The van der Waals surface area contributed by atoms with Crippen molar-refractivity contribution in [2.45, 2.75) is 25.7 Å². The monoisotopic (exact) mass is 302 g/mol. The van der Waals surface area contributed by atoms with E-state index in [1.165, 1.54) is 0 Å². The SMILES string of the molecule is Cc1ccc([S@](=O)CC(=O)c2cc(C)c(O)c(C)c2)cc1. The van der Waals surface area contributed by atoms with Gasteiger partial charge in [-0.15, -0.1) is 0 Å². The van der Waals surface area contributed by atoms with E-state index >= 15 is 0 Å². The highest BCUT2D eigenvalue weighted by Gasteiger charge is 2.14. The highest BCUT2D eigenvalue weighted by molar-refractivity contribution is 7.85. The van der Waals surface area contributed by atoms with Gasteiger partial charge >= 0.3 is 0 Å². The summed E-state index contributed by atoms with van der Waals surface area (Å²) in [5, 5.41) is 9.73. The second-order valence-electron chi connectivity index (χ2n) is 5.18. The minimum Gasteiger partial charge on any atom is -0.507 e. The van der Waals surface area contributed by atoms with Crippen molar-refractivity contribution in [2.75, 3.05) is 5.75 Å². The Bertz CT molecular complexity index is 679. The molecule has 0 heterocycles. The second-order valence-corrected chi connectivity index (χ2v) is 6.64. The quantitative estimate of drug-likeness (QED) is 0.882. The smallest absolute Gasteiger partial charge is 0.175 e. The van der Waals surface area contributed by atoms with E-state index in [1.54, 1.807) is 38.1 Å². The molecule has 0 spiro atoms. The molecular formula is C17H18O3S. The molecule has 21 heavy (non-hydrogen) atoms. The van der Waals surface area contributed by atoms with Gasteiger partial charge in [0.1, 0.15) is 5.75 Å². The third-order valence-electron chi connectivity index (χ3n) is 3.36. The highest BCUT2D eigenvalue weighted by Crippen LogP contribution is 2.23. The van der Waals surface area contributed by atoms with Crippen LogP contribution in [0.3, 0.4) is 0 Å². The van der Waals surface area contributed by atoms with Gasteiger partial charge in [-0.1, -0.05) is 17.7 Å². The molecule has 0 amide bonds. The number of carbonyl (C=O) groups excluding carboxylic acids is 1. The maximum absolute atomic E-state index is 12.2. The van der Waals surface area contributed by atoms with Crippen LogP contribution < -0.4 is 0 Å². The van der Waals surface area contributed by atoms with E-state index in [0.717, 1.165) is 5.56 Å². The molecule has 0 fully saturated rings. The lowest BCUT2D eigenvalue weighted by Crippen LogP contribution is -2.11. The molecule has 0 aliphatic carbocycles. The first-order valence-electron chi connectivity index (χ1n) is 6.67. The van der Waals surface area contributed by atoms with Crippen LogP contribution in [-0.2, 0) is 10.8 Å². The van der Waals surface area contributed by atoms with Crippen molar-refractivity contribution in [2.24, 2.45) is 0 Å². The standard InChI is InChI=1S/C17H18O3S/c1-11-4-6-15(7-5-11)21(20)10-16(18)14-8-12(2)17(19)13(3)9-14/h4-9,19H,10H2,1-3H3/t21-/m1/s1. The van der Waals surface area contributed by atoms with E-state index in [1.807, 2.05) is 19.1 Å². The molecule has 0 aromatic heterocycles. The molecule has 0 unspecified atom stereocenters. The van der Waals surface area contributed by atoms with E-state index in [4.69, 9.17) is 0 Å². The number of Topliss-reactive ketones (excluding diaryl/α,β-unsaturated/α-hetero) is 1. The minimum absolute atomic E-state index is 0.0489. The summed E-state index contributed by atoms with van der Waals surface area (Å²) in [6, 6.07) is 10.6. The van der Waals surface area contributed by atoms with E-state index in [2.05, 4.69) is 0 Å². The van der Waals surface area contributed by atoms with Gasteiger partial charge in [-0.25, -0.2) is 0 Å². The van der Waals surface area contributed by atoms with Crippen molar-refractivity contribution in [3.05, 3.63) is 58.7 Å². The molecule has 0 bridgehead atoms. The molecule has 110 valence electrons. The molecule has 2 rings (SSSR count). The molecule has 1 N–H and O–H groups in total. The van der Waals surface area contributed by atoms with Gasteiger partial charge in [0.2, 0.25) is 0 Å². The average molecular weight is 302 g/mol. The Labute approximate surface area is 127 Å². The average Bonchev–Trinajstić information content (AvgIpc) is 2.44. The lowest BCUT2D eigenvalue weighted by atomic mass is 10.0. The summed E-state index contributed by atoms with van der Waals surface area (Å²) < 4.78 is 12.2. The number of aryl methyl sites for hydroxylation is 3. The number of ketones is 1. The van der Waals surface area contributed by atoms with Gasteiger partial charge in [-0.3, -0.25) is 9.00 Å². The Hall–Kier alpha value is -1.94. The van der Waals surface area contributed by atoms with Crippen LogP contribution in [0.5, 0.6) is 5.75 Å². The van der Waals surface area contributed by atoms with E-state index in [0.29, 0.717) is 21.6 Å². The van der Waals surface area contributed by atoms with Gasteiger partial charge in [0.15, 0.2) is 5.78 Å². The molecule has 0 saturated carbocycles. The van der Waals surface area contributed by atoms with Crippen LogP contribution >= 0.6 is 0 Å². The summed E-state index contributed by atoms with van der Waals surface area (Å²) in [6.45, 7) is 5.45. The zero-order valence-electron chi connectivity index (χ0n) is 12.3. The van der Waals surface area contributed by atoms with Crippen molar-refractivity contribution < 1.29 is 14.1 Å². The van der Waals surface area contributed by atoms with Crippen LogP contribution in [0.1, 0.15) is 27.0 Å². The molecule has 0 aliphatic rings. The molecule has 0 saturated heterocycles. The topological polar surface area (TPSA) is 54.4 Å². The Morgan fingerprint density at radius 1 is 1.05 bits per heavy atom. The Morgan fingerprint density at radius 2 is 1.57 bits per heavy atom. The molecule has 0 radical (unpaired) electrons. The number of rotatable bonds is 4. The van der Waals surface area contributed by atoms with Crippen molar-refractivity contribution in [3.63, 3.8) is 0 Å². The second kappa shape index (κ2) is 6.22. The van der Waals surface area contributed by atoms with Crippen LogP contribution in [0, 0.1) is 20.8 Å². The van der Waals surface area contributed by atoms with Crippen LogP contribution in [0.4, 0.5) is 0 Å². The van der Waals surface area contributed by atoms with Gasteiger partial charge in [-0.2, -0.15) is 0 Å². The van der Waals surface area contributed by atoms with Crippen LogP contribution in [-0.4, -0.2) is 20.9 Å². The summed E-state index contributed by atoms with van der Waals surface area (Å²) in [5.41, 5.74) is 2.88. The van der Waals surface area contributed by atoms with Crippen LogP contribution in [0.15, 0.2) is 41.3 Å². The number of hydrogen-bond donors (Lipinski definition) is 1. The normalized spacial score (nSPS) is 12.1. The van der Waals surface area contributed by atoms with E-state index in [-0.39, 0.29) is 17.3 Å². The minimum atomic E-state index is -1.35. The van der Waals surface area contributed by atoms with Crippen molar-refractivity contribution in [1.82, 2.24) is 0 Å². The predicted octanol–water partition coefficient (Wildman–Crippen LogP) is 3.31. The summed E-state index contributed by atoms with van der Waals surface area (Å²) in [6.07, 6.45) is 0. The zero-order valence-corrected chi connectivity index (χ0v) is 13.2. The molecule has 3 nitrogen and oxygen atoms in total. The maximum atomic E-state index is 12.2. The van der Waals surface area contributed by atoms with Crippen molar-refractivity contribution >= 4 is 16.6 Å². The van der Waals surface area contributed by atoms with Crippen molar-refractivity contribution in [1.29, 1.82) is 0 Å². The molecule has 4 heteroatoms. The molecule has 2 aromatic rings. The Morgan fingerprint density at radius 3 is 2.10 bits per heavy atom. The van der Waals surface area contributed by atoms with Gasteiger partial charge in [0.05, 0.1) is 16.6 Å². The lowest BCUT2D eigenvalue weighted by Gasteiger charge is -2.07. The van der Waals surface area contributed by atoms with Crippen molar-refractivity contribution in [3.8, 4) is 5.75 Å². The number of benzene rings is 2. The molecule has 1 atom stereocenters. The van der Waals surface area contributed by atoms with E-state index < -0.39 is 10.8 Å². The largest absolute Gasteiger partial charge is 0.507 e. The Kier molecular flexibility index (Phi) is 4.58. The third-order valence-corrected chi connectivity index (χ3v) is 4.68. The Balaban J connectivity index is 2.18. The van der Waals surface area contributed by atoms with Gasteiger partial charge in [0.25, 0.3) is 0 Å². The maximum Gasteiger partial charge on any atom is 0.175 e. The first kappa shape index (κ1) is 15.4. The predicted molar refractivity (Wildman–Crippen MR) is 84.4 cm³/mol. The van der Waals surface area contributed by atoms with Crippen LogP contribution in [0.25, 0.3) is 0 Å². The number of hydrogen-bond acceptors (Lipinski definition) is 3. The molecule has 0 aliphatic heterocycles. The van der Waals surface area contributed by atoms with Crippen LogP contribution in [0.2, 0.25) is 0 Å². The third kappa shape index (κ3) is 3.58. The number of carbonyl (C=O) groups is 1. The molecule has 2 aromatic carbocycles. The highest BCUT2D eigenvalue weighted by atomic mass is 32.2.